The number of hydrogen-bond acceptors (Lipinski definition) is 6. The molecule has 0 aromatic carbocycles. The lowest BCUT2D eigenvalue weighted by Gasteiger charge is -2.19. The summed E-state index contributed by atoms with van der Waals surface area (Å²) in [6.07, 6.45) is 0.511. The lowest BCUT2D eigenvalue weighted by molar-refractivity contribution is -0.159. The van der Waals surface area contributed by atoms with Crippen molar-refractivity contribution in [1.29, 1.82) is 0 Å². The maximum Gasteiger partial charge on any atom is 0.321 e. The summed E-state index contributed by atoms with van der Waals surface area (Å²) in [5, 5.41) is 11.9. The van der Waals surface area contributed by atoms with Gasteiger partial charge < -0.3 is 14.6 Å². The van der Waals surface area contributed by atoms with Crippen LogP contribution < -0.4 is 5.32 Å². The Kier molecular flexibility index (Phi) is 4.66. The Bertz CT molecular complexity index is 355. The maximum atomic E-state index is 11.7. The van der Waals surface area contributed by atoms with Gasteiger partial charge in [0.05, 0.1) is 26.1 Å². The molecule has 1 heterocycles. The summed E-state index contributed by atoms with van der Waals surface area (Å²) >= 11 is 0. The number of aliphatic carboxylic acids is 1. The van der Waals surface area contributed by atoms with Crippen molar-refractivity contribution in [2.75, 3.05) is 14.2 Å². The first-order valence-electron chi connectivity index (χ1n) is 5.62. The van der Waals surface area contributed by atoms with E-state index < -0.39 is 41.8 Å². The highest BCUT2D eigenvalue weighted by Gasteiger charge is 2.53. The number of hydrogen-bond donors (Lipinski definition) is 2. The zero-order valence-electron chi connectivity index (χ0n) is 10.5. The van der Waals surface area contributed by atoms with E-state index in [1.165, 1.54) is 7.11 Å². The molecule has 7 heteroatoms. The van der Waals surface area contributed by atoms with Crippen molar-refractivity contribution < 1.29 is 29.0 Å². The number of methoxy groups -OCH3 is 2. The summed E-state index contributed by atoms with van der Waals surface area (Å²) in [5.74, 6) is -4.41. The average Bonchev–Trinajstić information content (AvgIpc) is 2.76. The van der Waals surface area contributed by atoms with Gasteiger partial charge in [-0.2, -0.15) is 0 Å². The molecule has 0 aliphatic carbocycles. The van der Waals surface area contributed by atoms with Gasteiger partial charge in [0.25, 0.3) is 0 Å². The van der Waals surface area contributed by atoms with Crippen LogP contribution in [0.5, 0.6) is 0 Å². The molecule has 102 valence electrons. The zero-order chi connectivity index (χ0) is 13.9. The second-order valence-corrected chi connectivity index (χ2v) is 4.10. The molecule has 0 aromatic heterocycles. The van der Waals surface area contributed by atoms with E-state index in [2.05, 4.69) is 14.8 Å². The van der Waals surface area contributed by atoms with E-state index in [4.69, 9.17) is 5.11 Å². The normalized spacial score (nSPS) is 30.8. The highest BCUT2D eigenvalue weighted by atomic mass is 16.5. The lowest BCUT2D eigenvalue weighted by atomic mass is 9.86. The van der Waals surface area contributed by atoms with Crippen LogP contribution in [0.3, 0.4) is 0 Å². The van der Waals surface area contributed by atoms with Crippen LogP contribution in [0.15, 0.2) is 0 Å². The van der Waals surface area contributed by atoms with Crippen molar-refractivity contribution in [3.05, 3.63) is 0 Å². The lowest BCUT2D eigenvalue weighted by Crippen LogP contribution is -2.41. The number of ether oxygens (including phenoxy) is 2. The molecule has 1 aliphatic rings. The van der Waals surface area contributed by atoms with E-state index in [9.17, 15) is 14.4 Å². The quantitative estimate of drug-likeness (QED) is 0.650. The van der Waals surface area contributed by atoms with Gasteiger partial charge in [0.1, 0.15) is 6.04 Å². The van der Waals surface area contributed by atoms with E-state index >= 15 is 0 Å². The third kappa shape index (κ3) is 2.45. The fourth-order valence-electron chi connectivity index (χ4n) is 2.36. The number of carboxylic acid groups (broad SMARTS) is 1. The van der Waals surface area contributed by atoms with Crippen LogP contribution in [0.4, 0.5) is 0 Å². The third-order valence-electron chi connectivity index (χ3n) is 3.23. The molecule has 1 rings (SSSR count). The van der Waals surface area contributed by atoms with Gasteiger partial charge in [-0.1, -0.05) is 6.92 Å². The molecule has 0 spiro atoms. The van der Waals surface area contributed by atoms with Crippen LogP contribution in [0.25, 0.3) is 0 Å². The Labute approximate surface area is 104 Å². The Morgan fingerprint density at radius 3 is 2.00 bits per heavy atom. The monoisotopic (exact) mass is 259 g/mol. The molecule has 0 amide bonds. The van der Waals surface area contributed by atoms with E-state index in [0.29, 0.717) is 6.42 Å². The van der Waals surface area contributed by atoms with Crippen molar-refractivity contribution in [3.63, 3.8) is 0 Å². The molecule has 0 unspecified atom stereocenters. The van der Waals surface area contributed by atoms with Crippen molar-refractivity contribution >= 4 is 17.9 Å². The molecule has 1 aliphatic heterocycles. The Morgan fingerprint density at radius 2 is 1.61 bits per heavy atom. The summed E-state index contributed by atoms with van der Waals surface area (Å²) in [5.41, 5.74) is 0. The highest BCUT2D eigenvalue weighted by Crippen LogP contribution is 2.31. The minimum Gasteiger partial charge on any atom is -0.480 e. The highest BCUT2D eigenvalue weighted by molar-refractivity contribution is 5.90. The number of esters is 2. The van der Waals surface area contributed by atoms with Gasteiger partial charge in [-0.15, -0.1) is 0 Å². The summed E-state index contributed by atoms with van der Waals surface area (Å²) in [6, 6.07) is -1.55. The summed E-state index contributed by atoms with van der Waals surface area (Å²) in [7, 11) is 2.37. The second-order valence-electron chi connectivity index (χ2n) is 4.10. The van der Waals surface area contributed by atoms with Gasteiger partial charge >= 0.3 is 17.9 Å². The molecule has 1 saturated heterocycles. The first kappa shape index (κ1) is 14.4. The summed E-state index contributed by atoms with van der Waals surface area (Å²) in [4.78, 5) is 34.5. The molecule has 0 saturated carbocycles. The van der Waals surface area contributed by atoms with Crippen LogP contribution in [-0.4, -0.2) is 49.3 Å². The van der Waals surface area contributed by atoms with E-state index in [1.807, 2.05) is 0 Å². The van der Waals surface area contributed by atoms with Crippen molar-refractivity contribution in [2.24, 2.45) is 11.8 Å². The van der Waals surface area contributed by atoms with Crippen molar-refractivity contribution in [1.82, 2.24) is 5.32 Å². The molecular weight excluding hydrogens is 242 g/mol. The minimum absolute atomic E-state index is 0.414. The predicted molar refractivity (Wildman–Crippen MR) is 59.7 cm³/mol. The van der Waals surface area contributed by atoms with Crippen molar-refractivity contribution in [2.45, 2.75) is 25.4 Å². The minimum atomic E-state index is -1.18. The van der Waals surface area contributed by atoms with Gasteiger partial charge in [-0.05, 0) is 6.42 Å². The van der Waals surface area contributed by atoms with E-state index in [1.54, 1.807) is 6.92 Å². The fourth-order valence-corrected chi connectivity index (χ4v) is 2.36. The van der Waals surface area contributed by atoms with Gasteiger partial charge in [-0.25, -0.2) is 0 Å². The molecule has 0 bridgehead atoms. The number of carboxylic acids is 1. The van der Waals surface area contributed by atoms with Gasteiger partial charge in [0.15, 0.2) is 0 Å². The zero-order valence-corrected chi connectivity index (χ0v) is 10.5. The average molecular weight is 259 g/mol. The second kappa shape index (κ2) is 5.81. The Balaban J connectivity index is 3.10. The van der Waals surface area contributed by atoms with Crippen LogP contribution >= 0.6 is 0 Å². The number of carbonyl (C=O) groups excluding carboxylic acids is 2. The summed E-state index contributed by atoms with van der Waals surface area (Å²) in [6.45, 7) is 1.80. The van der Waals surface area contributed by atoms with Crippen LogP contribution in [0, 0.1) is 11.8 Å². The molecule has 18 heavy (non-hydrogen) atoms. The molecule has 0 radical (unpaired) electrons. The van der Waals surface area contributed by atoms with Crippen LogP contribution in [-0.2, 0) is 23.9 Å². The number of nitrogens with one attached hydrogen (secondary N) is 1. The predicted octanol–water partition coefficient (Wildman–Crippen LogP) is -0.600. The topological polar surface area (TPSA) is 102 Å². The van der Waals surface area contributed by atoms with E-state index in [-0.39, 0.29) is 0 Å². The molecule has 2 N–H and O–H groups in total. The maximum absolute atomic E-state index is 11.7. The third-order valence-corrected chi connectivity index (χ3v) is 3.23. The number of carbonyl (C=O) groups is 3. The molecule has 0 aromatic rings. The smallest absolute Gasteiger partial charge is 0.321 e. The molecule has 4 atom stereocenters. The van der Waals surface area contributed by atoms with Crippen molar-refractivity contribution in [3.8, 4) is 0 Å². The van der Waals surface area contributed by atoms with Gasteiger partial charge in [-0.3, -0.25) is 19.7 Å². The largest absolute Gasteiger partial charge is 0.480 e. The molecular formula is C11H17NO6. The first-order valence-corrected chi connectivity index (χ1v) is 5.62. The standard InChI is InChI=1S/C11H17NO6/c1-4-5-6(10(15)17-2)7(11(16)18-3)8(12-5)9(13)14/h5-8,12H,4H2,1-3H3,(H,13,14)/t5-,6+,7+,8-/m0/s1. The van der Waals surface area contributed by atoms with Crippen LogP contribution in [0.2, 0.25) is 0 Å². The Hall–Kier alpha value is -1.63. The first-order chi connectivity index (χ1) is 8.47. The van der Waals surface area contributed by atoms with E-state index in [0.717, 1.165) is 7.11 Å². The number of rotatable bonds is 4. The molecule has 1 fully saturated rings. The van der Waals surface area contributed by atoms with Crippen LogP contribution in [0.1, 0.15) is 13.3 Å². The Morgan fingerprint density at radius 1 is 1.11 bits per heavy atom. The SMILES string of the molecule is CC[C@@H]1N[C@H](C(=O)O)[C@H](C(=O)OC)[C@@H]1C(=O)OC. The van der Waals surface area contributed by atoms with Gasteiger partial charge in [0, 0.05) is 6.04 Å². The summed E-state index contributed by atoms with van der Waals surface area (Å²) < 4.78 is 9.22. The van der Waals surface area contributed by atoms with Gasteiger partial charge in [0.2, 0.25) is 0 Å². The molecule has 7 nitrogen and oxygen atoms in total. The fraction of sp³-hybridized carbons (Fsp3) is 0.727.